The number of ether oxygens (including phenoxy) is 1. The maximum Gasteiger partial charge on any atom is 0.327 e. The van der Waals surface area contributed by atoms with E-state index in [-0.39, 0.29) is 17.6 Å². The Morgan fingerprint density at radius 1 is 1.15 bits per heavy atom. The second-order valence-corrected chi connectivity index (χ2v) is 5.49. The van der Waals surface area contributed by atoms with Crippen LogP contribution >= 0.6 is 0 Å². The van der Waals surface area contributed by atoms with Crippen molar-refractivity contribution in [1.29, 1.82) is 0 Å². The van der Waals surface area contributed by atoms with E-state index in [0.717, 1.165) is 5.69 Å². The first-order valence-corrected chi connectivity index (χ1v) is 7.81. The van der Waals surface area contributed by atoms with E-state index >= 15 is 0 Å². The van der Waals surface area contributed by atoms with Gasteiger partial charge in [-0.05, 0) is 30.3 Å². The monoisotopic (exact) mass is 352 g/mol. The zero-order valence-corrected chi connectivity index (χ0v) is 14.0. The molecule has 0 spiro atoms. The molecule has 1 heterocycles. The summed E-state index contributed by atoms with van der Waals surface area (Å²) in [5, 5.41) is 2.67. The van der Waals surface area contributed by atoms with Crippen LogP contribution < -0.4 is 20.7 Å². The van der Waals surface area contributed by atoms with Gasteiger partial charge in [-0.25, -0.2) is 14.2 Å². The van der Waals surface area contributed by atoms with E-state index < -0.39 is 5.82 Å². The van der Waals surface area contributed by atoms with E-state index in [9.17, 15) is 9.18 Å². The predicted octanol–water partition coefficient (Wildman–Crippen LogP) is 4.26. The molecule has 0 saturated carbocycles. The molecule has 2 amide bonds. The van der Waals surface area contributed by atoms with E-state index in [4.69, 9.17) is 10.5 Å². The molecule has 0 bridgehead atoms. The van der Waals surface area contributed by atoms with Crippen LogP contribution in [-0.2, 0) is 0 Å². The number of hydrogen-bond acceptors (Lipinski definition) is 4. The molecule has 0 fully saturated rings. The number of benzene rings is 2. The highest BCUT2D eigenvalue weighted by molar-refractivity contribution is 6.00. The van der Waals surface area contributed by atoms with Gasteiger partial charge >= 0.3 is 6.03 Å². The summed E-state index contributed by atoms with van der Waals surface area (Å²) in [6.07, 6.45) is 1.46. The van der Waals surface area contributed by atoms with E-state index in [0.29, 0.717) is 11.4 Å². The highest BCUT2D eigenvalue weighted by Gasteiger charge is 2.12. The minimum Gasteiger partial charge on any atom is -0.454 e. The summed E-state index contributed by atoms with van der Waals surface area (Å²) in [6, 6.07) is 16.0. The molecule has 2 aromatic carbocycles. The maximum atomic E-state index is 13.8. The molecule has 132 valence electrons. The van der Waals surface area contributed by atoms with Crippen LogP contribution in [0.5, 0.6) is 11.5 Å². The molecule has 0 unspecified atom stereocenters. The number of carbonyl (C=O) groups excluding carboxylic acids is 1. The molecular formula is C19H17FN4O2. The number of para-hydroxylation sites is 1. The zero-order valence-electron chi connectivity index (χ0n) is 14.0. The van der Waals surface area contributed by atoms with Gasteiger partial charge in [-0.15, -0.1) is 0 Å². The average molecular weight is 352 g/mol. The first kappa shape index (κ1) is 17.2. The Balaban J connectivity index is 1.72. The van der Waals surface area contributed by atoms with Crippen LogP contribution in [0.1, 0.15) is 0 Å². The molecule has 0 atom stereocenters. The number of urea groups is 1. The smallest absolute Gasteiger partial charge is 0.327 e. The molecule has 0 aliphatic carbocycles. The number of nitrogens with zero attached hydrogens (tertiary/aromatic N) is 2. The molecule has 26 heavy (non-hydrogen) atoms. The number of nitrogens with one attached hydrogen (secondary N) is 1. The number of rotatable bonds is 4. The van der Waals surface area contributed by atoms with Crippen molar-refractivity contribution in [3.8, 4) is 11.5 Å². The Labute approximate surface area is 150 Å². The van der Waals surface area contributed by atoms with Gasteiger partial charge in [0.15, 0.2) is 11.6 Å². The number of nitrogen functional groups attached to an aromatic ring is 1. The lowest BCUT2D eigenvalue weighted by Crippen LogP contribution is -2.31. The van der Waals surface area contributed by atoms with Crippen molar-refractivity contribution >= 4 is 23.2 Å². The van der Waals surface area contributed by atoms with Gasteiger partial charge in [-0.3, -0.25) is 10.2 Å². The van der Waals surface area contributed by atoms with Crippen molar-refractivity contribution in [2.24, 2.45) is 0 Å². The highest BCUT2D eigenvalue weighted by Crippen LogP contribution is 2.27. The van der Waals surface area contributed by atoms with Gasteiger partial charge in [0.1, 0.15) is 11.6 Å². The molecule has 0 radical (unpaired) electrons. The quantitative estimate of drug-likeness (QED) is 0.688. The van der Waals surface area contributed by atoms with Crippen molar-refractivity contribution in [3.63, 3.8) is 0 Å². The largest absolute Gasteiger partial charge is 0.454 e. The van der Waals surface area contributed by atoms with Gasteiger partial charge in [0.25, 0.3) is 0 Å². The Bertz CT molecular complexity index is 918. The van der Waals surface area contributed by atoms with E-state index in [1.807, 2.05) is 30.3 Å². The average Bonchev–Trinajstić information content (AvgIpc) is 2.64. The van der Waals surface area contributed by atoms with Gasteiger partial charge in [-0.1, -0.05) is 18.2 Å². The van der Waals surface area contributed by atoms with Crippen molar-refractivity contribution < 1.29 is 13.9 Å². The lowest BCUT2D eigenvalue weighted by atomic mass is 10.3. The fraction of sp³-hybridized carbons (Fsp3) is 0.0526. The molecule has 0 aliphatic heterocycles. The molecule has 3 aromatic rings. The predicted molar refractivity (Wildman–Crippen MR) is 99.0 cm³/mol. The van der Waals surface area contributed by atoms with Crippen molar-refractivity contribution in [3.05, 3.63) is 72.7 Å². The van der Waals surface area contributed by atoms with E-state index in [1.54, 1.807) is 13.1 Å². The first-order valence-electron chi connectivity index (χ1n) is 7.81. The third-order valence-electron chi connectivity index (χ3n) is 3.60. The van der Waals surface area contributed by atoms with Gasteiger partial charge in [-0.2, -0.15) is 0 Å². The van der Waals surface area contributed by atoms with Crippen LogP contribution in [0.2, 0.25) is 0 Å². The van der Waals surface area contributed by atoms with Crippen LogP contribution in [-0.4, -0.2) is 18.1 Å². The molecule has 0 aliphatic rings. The molecule has 7 heteroatoms. The minimum atomic E-state index is -0.573. The fourth-order valence-corrected chi connectivity index (χ4v) is 2.23. The number of carbonyl (C=O) groups is 1. The Morgan fingerprint density at radius 3 is 2.65 bits per heavy atom. The first-order chi connectivity index (χ1) is 12.5. The number of anilines is 3. The Morgan fingerprint density at radius 2 is 1.92 bits per heavy atom. The number of pyridine rings is 1. The topological polar surface area (TPSA) is 80.5 Å². The molecule has 3 rings (SSSR count). The summed E-state index contributed by atoms with van der Waals surface area (Å²) in [5.74, 6) is 0.0766. The second-order valence-electron chi connectivity index (χ2n) is 5.49. The number of hydrogen-bond donors (Lipinski definition) is 2. The van der Waals surface area contributed by atoms with Crippen LogP contribution in [0.25, 0.3) is 0 Å². The van der Waals surface area contributed by atoms with Crippen LogP contribution in [0, 0.1) is 5.82 Å². The van der Waals surface area contributed by atoms with Crippen LogP contribution in [0.4, 0.5) is 26.4 Å². The Kier molecular flexibility index (Phi) is 4.98. The number of amides is 2. The Hall–Kier alpha value is -3.61. The van der Waals surface area contributed by atoms with Gasteiger partial charge in [0.2, 0.25) is 0 Å². The van der Waals surface area contributed by atoms with Gasteiger partial charge in [0.05, 0.1) is 0 Å². The summed E-state index contributed by atoms with van der Waals surface area (Å²) in [4.78, 5) is 17.9. The number of nitrogens with two attached hydrogens (primary N) is 1. The van der Waals surface area contributed by atoms with Crippen LogP contribution in [0.3, 0.4) is 0 Å². The maximum absolute atomic E-state index is 13.8. The van der Waals surface area contributed by atoms with E-state index in [2.05, 4.69) is 10.3 Å². The minimum absolute atomic E-state index is 0.0316. The van der Waals surface area contributed by atoms with E-state index in [1.165, 1.54) is 35.4 Å². The fourth-order valence-electron chi connectivity index (χ4n) is 2.23. The number of halogens is 1. The second kappa shape index (κ2) is 7.52. The number of aromatic nitrogens is 1. The van der Waals surface area contributed by atoms with Gasteiger partial charge < -0.3 is 10.5 Å². The summed E-state index contributed by atoms with van der Waals surface area (Å²) >= 11 is 0. The van der Waals surface area contributed by atoms with Crippen molar-refractivity contribution in [2.75, 3.05) is 23.0 Å². The molecule has 0 saturated heterocycles. The third-order valence-corrected chi connectivity index (χ3v) is 3.60. The van der Waals surface area contributed by atoms with Crippen LogP contribution in [0.15, 0.2) is 66.9 Å². The van der Waals surface area contributed by atoms with Crippen molar-refractivity contribution in [2.45, 2.75) is 0 Å². The SMILES string of the molecule is CN(C(=O)Nc1cc(Oc2ccc(N)cc2F)ccn1)c1ccccc1. The van der Waals surface area contributed by atoms with Gasteiger partial charge in [0, 0.05) is 36.8 Å². The molecule has 3 N–H and O–H groups in total. The summed E-state index contributed by atoms with van der Waals surface area (Å²) < 4.78 is 19.3. The summed E-state index contributed by atoms with van der Waals surface area (Å²) in [5.41, 5.74) is 6.56. The highest BCUT2D eigenvalue weighted by atomic mass is 19.1. The molecular weight excluding hydrogens is 335 g/mol. The summed E-state index contributed by atoms with van der Waals surface area (Å²) in [7, 11) is 1.65. The lowest BCUT2D eigenvalue weighted by Gasteiger charge is -2.17. The third kappa shape index (κ3) is 4.07. The molecule has 1 aromatic heterocycles. The standard InChI is InChI=1S/C19H17FN4O2/c1-24(14-5-3-2-4-6-14)19(25)23-18-12-15(9-10-22-18)26-17-8-7-13(21)11-16(17)20/h2-12H,21H2,1H3,(H,22,23,25). The lowest BCUT2D eigenvalue weighted by molar-refractivity contribution is 0.258. The summed E-state index contributed by atoms with van der Waals surface area (Å²) in [6.45, 7) is 0. The zero-order chi connectivity index (χ0) is 18.5. The molecule has 6 nitrogen and oxygen atoms in total. The normalized spacial score (nSPS) is 10.2. The van der Waals surface area contributed by atoms with Crippen molar-refractivity contribution in [1.82, 2.24) is 4.98 Å².